The van der Waals surface area contributed by atoms with E-state index >= 15 is 0 Å². The third-order valence-electron chi connectivity index (χ3n) is 3.44. The number of ether oxygens (including phenoxy) is 1. The van der Waals surface area contributed by atoms with Gasteiger partial charge < -0.3 is 14.7 Å². The maximum Gasteiger partial charge on any atom is 0.410 e. The molecule has 0 saturated carbocycles. The lowest BCUT2D eigenvalue weighted by molar-refractivity contribution is -0.138. The van der Waals surface area contributed by atoms with E-state index in [1.807, 2.05) is 39.5 Å². The first-order chi connectivity index (χ1) is 9.58. The molecule has 21 heavy (non-hydrogen) atoms. The van der Waals surface area contributed by atoms with E-state index in [0.717, 1.165) is 19.5 Å². The van der Waals surface area contributed by atoms with Crippen molar-refractivity contribution in [2.45, 2.75) is 52.7 Å². The number of amides is 1. The van der Waals surface area contributed by atoms with Crippen molar-refractivity contribution in [2.75, 3.05) is 26.2 Å². The van der Waals surface area contributed by atoms with Crippen LogP contribution in [0.25, 0.3) is 0 Å². The molecule has 0 radical (unpaired) electrons. The van der Waals surface area contributed by atoms with Gasteiger partial charge in [-0.2, -0.15) is 0 Å². The molecule has 1 saturated heterocycles. The second-order valence-electron chi connectivity index (χ2n) is 7.01. The van der Waals surface area contributed by atoms with Crippen LogP contribution in [0.3, 0.4) is 0 Å². The van der Waals surface area contributed by atoms with Gasteiger partial charge in [-0.1, -0.05) is 0 Å². The zero-order valence-electron chi connectivity index (χ0n) is 13.8. The molecule has 0 spiro atoms. The average molecular weight is 300 g/mol. The van der Waals surface area contributed by atoms with Gasteiger partial charge in [-0.3, -0.25) is 9.69 Å². The van der Waals surface area contributed by atoms with E-state index in [1.54, 1.807) is 4.90 Å². The molecule has 6 heteroatoms. The Morgan fingerprint density at radius 1 is 1.38 bits per heavy atom. The van der Waals surface area contributed by atoms with Crippen molar-refractivity contribution in [3.05, 3.63) is 0 Å². The summed E-state index contributed by atoms with van der Waals surface area (Å²) in [7, 11) is 0. The van der Waals surface area contributed by atoms with E-state index in [9.17, 15) is 9.59 Å². The Labute approximate surface area is 127 Å². The van der Waals surface area contributed by atoms with Gasteiger partial charge in [0.1, 0.15) is 5.60 Å². The Bertz CT molecular complexity index is 376. The molecule has 0 aliphatic carbocycles. The normalized spacial score (nSPS) is 19.8. The first kappa shape index (κ1) is 17.8. The van der Waals surface area contributed by atoms with Crippen molar-refractivity contribution in [3.8, 4) is 0 Å². The zero-order valence-corrected chi connectivity index (χ0v) is 13.8. The number of aliphatic carboxylic acids is 1. The van der Waals surface area contributed by atoms with E-state index in [1.165, 1.54) is 0 Å². The molecule has 6 nitrogen and oxygen atoms in total. The smallest absolute Gasteiger partial charge is 0.410 e. The quantitative estimate of drug-likeness (QED) is 0.841. The van der Waals surface area contributed by atoms with Gasteiger partial charge in [-0.05, 0) is 53.5 Å². The minimum absolute atomic E-state index is 0.0633. The lowest BCUT2D eigenvalue weighted by atomic mass is 10.1. The van der Waals surface area contributed by atoms with Crippen molar-refractivity contribution >= 4 is 12.1 Å². The number of hydrogen-bond acceptors (Lipinski definition) is 4. The second kappa shape index (κ2) is 7.11. The fourth-order valence-electron chi connectivity index (χ4n) is 2.49. The molecular formula is C15H28N2O4. The number of rotatable bonds is 5. The van der Waals surface area contributed by atoms with E-state index in [-0.39, 0.29) is 18.7 Å². The van der Waals surface area contributed by atoms with Gasteiger partial charge in [0, 0.05) is 19.1 Å². The Balaban J connectivity index is 2.56. The van der Waals surface area contributed by atoms with Crippen LogP contribution in [0.2, 0.25) is 0 Å². The van der Waals surface area contributed by atoms with Crippen LogP contribution in [0.15, 0.2) is 0 Å². The van der Waals surface area contributed by atoms with Crippen LogP contribution in [0.1, 0.15) is 41.0 Å². The predicted octanol–water partition coefficient (Wildman–Crippen LogP) is 2.04. The first-order valence-corrected chi connectivity index (χ1v) is 7.52. The van der Waals surface area contributed by atoms with Crippen molar-refractivity contribution in [1.29, 1.82) is 0 Å². The highest BCUT2D eigenvalue weighted by atomic mass is 16.6. The summed E-state index contributed by atoms with van der Waals surface area (Å²) in [5, 5.41) is 8.82. The van der Waals surface area contributed by atoms with Gasteiger partial charge in [-0.25, -0.2) is 4.79 Å². The van der Waals surface area contributed by atoms with E-state index in [4.69, 9.17) is 9.84 Å². The minimum Gasteiger partial charge on any atom is -0.480 e. The van der Waals surface area contributed by atoms with Crippen LogP contribution in [0.5, 0.6) is 0 Å². The number of carboxylic acids is 1. The first-order valence-electron chi connectivity index (χ1n) is 7.52. The molecule has 0 aromatic heterocycles. The molecule has 1 aliphatic rings. The van der Waals surface area contributed by atoms with E-state index in [2.05, 4.69) is 0 Å². The molecule has 1 heterocycles. The van der Waals surface area contributed by atoms with Crippen molar-refractivity contribution in [2.24, 2.45) is 5.92 Å². The molecular weight excluding hydrogens is 272 g/mol. The van der Waals surface area contributed by atoms with E-state index < -0.39 is 11.6 Å². The lowest BCUT2D eigenvalue weighted by Crippen LogP contribution is -2.44. The standard InChI is InChI=1S/C15H28N2O4/c1-11(2)17(14(20)21-15(3,4)5)9-12-6-7-16(8-12)10-13(18)19/h11-12H,6-10H2,1-5H3,(H,18,19)/t12-/m1/s1. The van der Waals surface area contributed by atoms with Crippen LogP contribution in [-0.4, -0.2) is 64.8 Å². The topological polar surface area (TPSA) is 70.1 Å². The van der Waals surface area contributed by atoms with Crippen LogP contribution in [0.4, 0.5) is 4.79 Å². The fourth-order valence-corrected chi connectivity index (χ4v) is 2.49. The molecule has 122 valence electrons. The molecule has 0 aromatic rings. The maximum absolute atomic E-state index is 12.2. The zero-order chi connectivity index (χ0) is 16.2. The second-order valence-corrected chi connectivity index (χ2v) is 7.01. The van der Waals surface area contributed by atoms with Crippen LogP contribution in [0, 0.1) is 5.92 Å². The van der Waals surface area contributed by atoms with Gasteiger partial charge >= 0.3 is 12.1 Å². The van der Waals surface area contributed by atoms with Crippen molar-refractivity contribution in [1.82, 2.24) is 9.80 Å². The number of hydrogen-bond donors (Lipinski definition) is 1. The van der Waals surface area contributed by atoms with Gasteiger partial charge in [0.05, 0.1) is 6.54 Å². The summed E-state index contributed by atoms with van der Waals surface area (Å²) in [6.45, 7) is 11.7. The fraction of sp³-hybridized carbons (Fsp3) is 0.867. The highest BCUT2D eigenvalue weighted by Gasteiger charge is 2.30. The lowest BCUT2D eigenvalue weighted by Gasteiger charge is -2.32. The number of likely N-dealkylation sites (tertiary alicyclic amines) is 1. The van der Waals surface area contributed by atoms with Crippen LogP contribution < -0.4 is 0 Å². The molecule has 1 fully saturated rings. The third kappa shape index (κ3) is 6.33. The van der Waals surface area contributed by atoms with Gasteiger partial charge in [0.2, 0.25) is 0 Å². The molecule has 0 bridgehead atoms. The van der Waals surface area contributed by atoms with Gasteiger partial charge in [0.25, 0.3) is 0 Å². The summed E-state index contributed by atoms with van der Waals surface area (Å²) < 4.78 is 5.44. The molecule has 0 aromatic carbocycles. The van der Waals surface area contributed by atoms with Crippen molar-refractivity contribution < 1.29 is 19.4 Å². The number of carbonyl (C=O) groups is 2. The summed E-state index contributed by atoms with van der Waals surface area (Å²) in [5.41, 5.74) is -0.505. The summed E-state index contributed by atoms with van der Waals surface area (Å²) in [6, 6.07) is 0.0633. The Morgan fingerprint density at radius 3 is 2.48 bits per heavy atom. The highest BCUT2D eigenvalue weighted by molar-refractivity contribution is 5.69. The summed E-state index contributed by atoms with van der Waals surface area (Å²) in [6.07, 6.45) is 0.619. The number of nitrogens with zero attached hydrogens (tertiary/aromatic N) is 2. The summed E-state index contributed by atoms with van der Waals surface area (Å²) in [4.78, 5) is 26.6. The average Bonchev–Trinajstić information content (AvgIpc) is 2.69. The van der Waals surface area contributed by atoms with E-state index in [0.29, 0.717) is 12.5 Å². The SMILES string of the molecule is CC(C)N(C[C@@H]1CCN(CC(=O)O)C1)C(=O)OC(C)(C)C. The highest BCUT2D eigenvalue weighted by Crippen LogP contribution is 2.20. The number of carbonyl (C=O) groups excluding carboxylic acids is 1. The molecule has 1 atom stereocenters. The van der Waals surface area contributed by atoms with Gasteiger partial charge in [0.15, 0.2) is 0 Å². The molecule has 0 unspecified atom stereocenters. The molecule has 1 amide bonds. The maximum atomic E-state index is 12.2. The molecule has 1 N–H and O–H groups in total. The Kier molecular flexibility index (Phi) is 6.01. The monoisotopic (exact) mass is 300 g/mol. The largest absolute Gasteiger partial charge is 0.480 e. The molecule has 1 aliphatic heterocycles. The summed E-state index contributed by atoms with van der Waals surface area (Å²) in [5.74, 6) is -0.497. The third-order valence-corrected chi connectivity index (χ3v) is 3.44. The van der Waals surface area contributed by atoms with Crippen LogP contribution >= 0.6 is 0 Å². The van der Waals surface area contributed by atoms with Gasteiger partial charge in [-0.15, -0.1) is 0 Å². The molecule has 1 rings (SSSR count). The Morgan fingerprint density at radius 2 is 2.00 bits per heavy atom. The minimum atomic E-state index is -0.802. The predicted molar refractivity (Wildman–Crippen MR) is 80.3 cm³/mol. The summed E-state index contributed by atoms with van der Waals surface area (Å²) >= 11 is 0. The van der Waals surface area contributed by atoms with Crippen molar-refractivity contribution in [3.63, 3.8) is 0 Å². The van der Waals surface area contributed by atoms with Crippen LogP contribution in [-0.2, 0) is 9.53 Å². The number of carboxylic acid groups (broad SMARTS) is 1. The Hall–Kier alpha value is -1.30.